The molecule has 1 saturated carbocycles. The molecule has 0 aromatic heterocycles. The van der Waals surface area contributed by atoms with Crippen LogP contribution in [0.4, 0.5) is 4.79 Å². The summed E-state index contributed by atoms with van der Waals surface area (Å²) >= 11 is 0. The van der Waals surface area contributed by atoms with Gasteiger partial charge in [-0.3, -0.25) is 0 Å². The third-order valence-electron chi connectivity index (χ3n) is 2.65. The van der Waals surface area contributed by atoms with Crippen LogP contribution in [0.15, 0.2) is 12.2 Å². The molecule has 1 aliphatic rings. The highest BCUT2D eigenvalue weighted by Crippen LogP contribution is 2.33. The second-order valence-electron chi connectivity index (χ2n) is 5.81. The molecule has 1 fully saturated rings. The zero-order valence-corrected chi connectivity index (χ0v) is 12.1. The van der Waals surface area contributed by atoms with Gasteiger partial charge in [0.15, 0.2) is 0 Å². The summed E-state index contributed by atoms with van der Waals surface area (Å²) in [5, 5.41) is 2.77. The standard InChI is InChI=1S/C14H23NO4/c1-14(2,3)19-13(17)15-11(9-10-5-6-10)7-8-12(16)18-4/h7-8,10-11H,5-6,9H2,1-4H3,(H,15,17)/t11-/m1/s1. The molecule has 0 spiro atoms. The molecule has 0 heterocycles. The molecule has 1 rings (SSSR count). The van der Waals surface area contributed by atoms with Crippen LogP contribution in [0.1, 0.15) is 40.0 Å². The number of hydrogen-bond donors (Lipinski definition) is 1. The molecule has 108 valence electrons. The average molecular weight is 269 g/mol. The monoisotopic (exact) mass is 269 g/mol. The molecule has 0 bridgehead atoms. The maximum Gasteiger partial charge on any atom is 0.408 e. The fourth-order valence-corrected chi connectivity index (χ4v) is 1.62. The first kappa shape index (κ1) is 15.5. The van der Waals surface area contributed by atoms with Gasteiger partial charge in [0, 0.05) is 6.08 Å². The lowest BCUT2D eigenvalue weighted by molar-refractivity contribution is -0.134. The number of alkyl carbamates (subject to hydrolysis) is 1. The topological polar surface area (TPSA) is 64.6 Å². The molecule has 0 aromatic rings. The summed E-state index contributed by atoms with van der Waals surface area (Å²) in [6.45, 7) is 5.44. The Labute approximate surface area is 114 Å². The number of amides is 1. The van der Waals surface area contributed by atoms with Crippen LogP contribution >= 0.6 is 0 Å². The predicted molar refractivity (Wildman–Crippen MR) is 71.7 cm³/mol. The Hall–Kier alpha value is -1.52. The van der Waals surface area contributed by atoms with Crippen molar-refractivity contribution in [1.29, 1.82) is 0 Å². The van der Waals surface area contributed by atoms with Gasteiger partial charge in [-0.2, -0.15) is 0 Å². The summed E-state index contributed by atoms with van der Waals surface area (Å²) < 4.78 is 9.74. The number of carbonyl (C=O) groups excluding carboxylic acids is 2. The highest BCUT2D eigenvalue weighted by molar-refractivity contribution is 5.82. The number of hydrogen-bond acceptors (Lipinski definition) is 4. The summed E-state index contributed by atoms with van der Waals surface area (Å²) in [5.41, 5.74) is -0.528. The molecule has 5 nitrogen and oxygen atoms in total. The van der Waals surface area contributed by atoms with Crippen LogP contribution in [0.2, 0.25) is 0 Å². The second-order valence-corrected chi connectivity index (χ2v) is 5.81. The third-order valence-corrected chi connectivity index (χ3v) is 2.65. The molecule has 5 heteroatoms. The van der Waals surface area contributed by atoms with Crippen molar-refractivity contribution in [3.8, 4) is 0 Å². The van der Waals surface area contributed by atoms with E-state index in [-0.39, 0.29) is 6.04 Å². The first-order valence-electron chi connectivity index (χ1n) is 6.56. The number of carbonyl (C=O) groups is 2. The van der Waals surface area contributed by atoms with Gasteiger partial charge in [-0.05, 0) is 33.1 Å². The van der Waals surface area contributed by atoms with Crippen LogP contribution in [0.25, 0.3) is 0 Å². The summed E-state index contributed by atoms with van der Waals surface area (Å²) in [5.74, 6) is 0.203. The zero-order chi connectivity index (χ0) is 14.5. The van der Waals surface area contributed by atoms with E-state index in [0.717, 1.165) is 6.42 Å². The van der Waals surface area contributed by atoms with Gasteiger partial charge < -0.3 is 14.8 Å². The van der Waals surface area contributed by atoms with E-state index in [1.54, 1.807) is 6.08 Å². The summed E-state index contributed by atoms with van der Waals surface area (Å²) in [6, 6.07) is -0.193. The van der Waals surface area contributed by atoms with E-state index in [2.05, 4.69) is 10.1 Å². The molecule has 19 heavy (non-hydrogen) atoms. The van der Waals surface area contributed by atoms with Crippen LogP contribution in [0, 0.1) is 5.92 Å². The van der Waals surface area contributed by atoms with Crippen molar-refractivity contribution in [1.82, 2.24) is 5.32 Å². The minimum Gasteiger partial charge on any atom is -0.466 e. The number of ether oxygens (including phenoxy) is 2. The van der Waals surface area contributed by atoms with E-state index >= 15 is 0 Å². The minimum atomic E-state index is -0.528. The Kier molecular flexibility index (Phi) is 5.39. The fraction of sp³-hybridized carbons (Fsp3) is 0.714. The summed E-state index contributed by atoms with van der Waals surface area (Å²) in [4.78, 5) is 22.8. The van der Waals surface area contributed by atoms with Gasteiger partial charge in [-0.25, -0.2) is 9.59 Å². The van der Waals surface area contributed by atoms with Gasteiger partial charge in [-0.15, -0.1) is 0 Å². The summed E-state index contributed by atoms with van der Waals surface area (Å²) in [6.07, 6.45) is 5.72. The van der Waals surface area contributed by atoms with Crippen LogP contribution in [-0.4, -0.2) is 30.8 Å². The van der Waals surface area contributed by atoms with E-state index in [1.807, 2.05) is 20.8 Å². The summed E-state index contributed by atoms with van der Waals surface area (Å²) in [7, 11) is 1.32. The second kappa shape index (κ2) is 6.59. The molecule has 1 N–H and O–H groups in total. The molecule has 0 unspecified atom stereocenters. The van der Waals surface area contributed by atoms with Crippen LogP contribution in [-0.2, 0) is 14.3 Å². The molecular weight excluding hydrogens is 246 g/mol. The Morgan fingerprint density at radius 3 is 2.47 bits per heavy atom. The van der Waals surface area contributed by atoms with E-state index in [1.165, 1.54) is 26.0 Å². The fourth-order valence-electron chi connectivity index (χ4n) is 1.62. The number of esters is 1. The quantitative estimate of drug-likeness (QED) is 0.615. The molecule has 0 saturated heterocycles. The SMILES string of the molecule is COC(=O)C=C[C@H](CC1CC1)NC(=O)OC(C)(C)C. The largest absolute Gasteiger partial charge is 0.466 e. The van der Waals surface area contributed by atoms with Crippen molar-refractivity contribution < 1.29 is 19.1 Å². The maximum atomic E-state index is 11.7. The molecule has 0 aliphatic heterocycles. The maximum absolute atomic E-state index is 11.7. The van der Waals surface area contributed by atoms with Crippen LogP contribution in [0.5, 0.6) is 0 Å². The molecular formula is C14H23NO4. The molecule has 1 aliphatic carbocycles. The van der Waals surface area contributed by atoms with E-state index in [0.29, 0.717) is 5.92 Å². The lowest BCUT2D eigenvalue weighted by Crippen LogP contribution is -2.38. The van der Waals surface area contributed by atoms with Gasteiger partial charge in [0.25, 0.3) is 0 Å². The zero-order valence-electron chi connectivity index (χ0n) is 12.1. The highest BCUT2D eigenvalue weighted by atomic mass is 16.6. The Morgan fingerprint density at radius 2 is 2.00 bits per heavy atom. The lowest BCUT2D eigenvalue weighted by Gasteiger charge is -2.22. The average Bonchev–Trinajstić information content (AvgIpc) is 3.06. The highest BCUT2D eigenvalue weighted by Gasteiger charge is 2.26. The van der Waals surface area contributed by atoms with E-state index in [9.17, 15) is 9.59 Å². The van der Waals surface area contributed by atoms with Gasteiger partial charge >= 0.3 is 12.1 Å². The third kappa shape index (κ3) is 7.49. The van der Waals surface area contributed by atoms with Crippen molar-refractivity contribution in [3.05, 3.63) is 12.2 Å². The Morgan fingerprint density at radius 1 is 1.37 bits per heavy atom. The van der Waals surface area contributed by atoms with Crippen molar-refractivity contribution in [2.75, 3.05) is 7.11 Å². The molecule has 1 amide bonds. The van der Waals surface area contributed by atoms with Crippen molar-refractivity contribution in [2.45, 2.75) is 51.7 Å². The van der Waals surface area contributed by atoms with E-state index < -0.39 is 17.7 Å². The van der Waals surface area contributed by atoms with Crippen molar-refractivity contribution in [2.24, 2.45) is 5.92 Å². The van der Waals surface area contributed by atoms with Crippen molar-refractivity contribution >= 4 is 12.1 Å². The number of methoxy groups -OCH3 is 1. The van der Waals surface area contributed by atoms with Gasteiger partial charge in [0.1, 0.15) is 5.60 Å². The molecule has 0 radical (unpaired) electrons. The first-order valence-corrected chi connectivity index (χ1v) is 6.56. The van der Waals surface area contributed by atoms with Gasteiger partial charge in [0.05, 0.1) is 13.2 Å². The van der Waals surface area contributed by atoms with Gasteiger partial charge in [-0.1, -0.05) is 18.9 Å². The smallest absolute Gasteiger partial charge is 0.408 e. The van der Waals surface area contributed by atoms with Crippen LogP contribution < -0.4 is 5.32 Å². The Balaban J connectivity index is 2.51. The van der Waals surface area contributed by atoms with Crippen molar-refractivity contribution in [3.63, 3.8) is 0 Å². The minimum absolute atomic E-state index is 0.193. The van der Waals surface area contributed by atoms with Crippen LogP contribution in [0.3, 0.4) is 0 Å². The molecule has 1 atom stereocenters. The van der Waals surface area contributed by atoms with Gasteiger partial charge in [0.2, 0.25) is 0 Å². The predicted octanol–water partition coefficient (Wildman–Crippen LogP) is 2.41. The normalized spacial score (nSPS) is 17.1. The number of nitrogens with one attached hydrogen (secondary N) is 1. The first-order chi connectivity index (χ1) is 8.80. The lowest BCUT2D eigenvalue weighted by atomic mass is 10.1. The molecule has 0 aromatic carbocycles. The Bertz CT molecular complexity index is 353. The number of rotatable bonds is 5. The van der Waals surface area contributed by atoms with E-state index in [4.69, 9.17) is 4.74 Å².